The van der Waals surface area contributed by atoms with Gasteiger partial charge in [0.1, 0.15) is 17.5 Å². The molecule has 0 unspecified atom stereocenters. The minimum atomic E-state index is -2.41. The predicted molar refractivity (Wildman–Crippen MR) is 56.3 cm³/mol. The molecule has 1 heterocycles. The molecule has 4 N–H and O–H groups in total. The molecule has 0 bridgehead atoms. The lowest BCUT2D eigenvalue weighted by Gasteiger charge is -2.08. The first-order valence-electron chi connectivity index (χ1n) is 5.06. The highest BCUT2D eigenvalue weighted by atomic mass is 19.3. The summed E-state index contributed by atoms with van der Waals surface area (Å²) >= 11 is 0. The number of aromatic nitrogens is 2. The second-order valence-corrected chi connectivity index (χ2v) is 3.69. The number of nitrogens with one attached hydrogen (secondary N) is 2. The molecule has 1 fully saturated rings. The van der Waals surface area contributed by atoms with Gasteiger partial charge in [-0.15, -0.1) is 0 Å². The Morgan fingerprint density at radius 2 is 2.06 bits per heavy atom. The highest BCUT2D eigenvalue weighted by Gasteiger charge is 2.27. The zero-order chi connectivity index (χ0) is 11.5. The highest BCUT2D eigenvalue weighted by Crippen LogP contribution is 2.38. The number of nitrogens with zero attached hydrogens (tertiary/aromatic N) is 2. The zero-order valence-corrected chi connectivity index (χ0v) is 8.58. The maximum absolute atomic E-state index is 12.0. The van der Waals surface area contributed by atoms with Crippen molar-refractivity contribution in [2.75, 3.05) is 17.3 Å². The van der Waals surface area contributed by atoms with Gasteiger partial charge >= 0.3 is 0 Å². The van der Waals surface area contributed by atoms with Gasteiger partial charge in [0.15, 0.2) is 0 Å². The van der Waals surface area contributed by atoms with E-state index in [-0.39, 0.29) is 0 Å². The Morgan fingerprint density at radius 1 is 1.38 bits per heavy atom. The smallest absolute Gasteiger partial charge is 0.255 e. The molecule has 0 amide bonds. The molecule has 88 valence electrons. The van der Waals surface area contributed by atoms with E-state index >= 15 is 0 Å². The van der Waals surface area contributed by atoms with Gasteiger partial charge in [0.25, 0.3) is 6.43 Å². The first kappa shape index (κ1) is 11.0. The molecule has 0 radical (unpaired) electrons. The molecule has 0 aliphatic heterocycles. The summed E-state index contributed by atoms with van der Waals surface area (Å²) in [5.41, 5.74) is 2.40. The summed E-state index contributed by atoms with van der Waals surface area (Å²) in [5, 5.41) is 2.55. The lowest BCUT2D eigenvalue weighted by atomic mass is 10.4. The Bertz CT molecular complexity index is 367. The van der Waals surface area contributed by atoms with Gasteiger partial charge in [-0.2, -0.15) is 0 Å². The van der Waals surface area contributed by atoms with Crippen LogP contribution in [0.25, 0.3) is 0 Å². The Balaban J connectivity index is 2.12. The third kappa shape index (κ3) is 2.75. The third-order valence-electron chi connectivity index (χ3n) is 2.27. The molecule has 1 aromatic rings. The summed E-state index contributed by atoms with van der Waals surface area (Å²) in [4.78, 5) is 8.33. The number of halogens is 2. The van der Waals surface area contributed by atoms with E-state index in [0.29, 0.717) is 23.4 Å². The van der Waals surface area contributed by atoms with Gasteiger partial charge in [-0.25, -0.2) is 24.6 Å². The third-order valence-corrected chi connectivity index (χ3v) is 2.27. The summed E-state index contributed by atoms with van der Waals surface area (Å²) in [6.07, 6.45) is -0.321. The normalized spacial score (nSPS) is 15.2. The van der Waals surface area contributed by atoms with Crippen LogP contribution in [0.2, 0.25) is 0 Å². The van der Waals surface area contributed by atoms with Crippen molar-refractivity contribution in [1.29, 1.82) is 0 Å². The summed E-state index contributed by atoms with van der Waals surface area (Å²) < 4.78 is 24.1. The molecular formula is C9H13F2N5. The van der Waals surface area contributed by atoms with Crippen LogP contribution in [0.5, 0.6) is 0 Å². The van der Waals surface area contributed by atoms with E-state index in [2.05, 4.69) is 20.7 Å². The number of alkyl halides is 2. The largest absolute Gasteiger partial charge is 0.364 e. The lowest BCUT2D eigenvalue weighted by molar-refractivity contribution is 0.163. The SMILES string of the molecule is NNc1cc(NCC(F)F)nc(C2CC2)n1. The van der Waals surface area contributed by atoms with Gasteiger partial charge < -0.3 is 10.7 Å². The number of hydrogen-bond donors (Lipinski definition) is 3. The fraction of sp³-hybridized carbons (Fsp3) is 0.556. The van der Waals surface area contributed by atoms with Gasteiger partial charge in [-0.1, -0.05) is 0 Å². The molecule has 1 aromatic heterocycles. The van der Waals surface area contributed by atoms with Crippen molar-refractivity contribution >= 4 is 11.6 Å². The number of anilines is 2. The Kier molecular flexibility index (Phi) is 3.14. The van der Waals surface area contributed by atoms with Gasteiger partial charge in [-0.3, -0.25) is 0 Å². The van der Waals surface area contributed by atoms with Crippen LogP contribution in [-0.4, -0.2) is 22.9 Å². The Labute approximate surface area is 91.4 Å². The van der Waals surface area contributed by atoms with Crippen LogP contribution in [0.3, 0.4) is 0 Å². The van der Waals surface area contributed by atoms with Crippen LogP contribution in [-0.2, 0) is 0 Å². The molecular weight excluding hydrogens is 216 g/mol. The van der Waals surface area contributed by atoms with E-state index in [1.54, 1.807) is 0 Å². The van der Waals surface area contributed by atoms with Crippen molar-refractivity contribution in [2.45, 2.75) is 25.2 Å². The van der Waals surface area contributed by atoms with E-state index in [4.69, 9.17) is 5.84 Å². The van der Waals surface area contributed by atoms with Crippen LogP contribution in [0, 0.1) is 0 Å². The highest BCUT2D eigenvalue weighted by molar-refractivity contribution is 5.47. The predicted octanol–water partition coefficient (Wildman–Crippen LogP) is 1.32. The average Bonchev–Trinajstić information content (AvgIpc) is 3.09. The van der Waals surface area contributed by atoms with Gasteiger partial charge in [0.05, 0.1) is 6.54 Å². The van der Waals surface area contributed by atoms with Crippen LogP contribution < -0.4 is 16.6 Å². The van der Waals surface area contributed by atoms with E-state index in [1.165, 1.54) is 6.07 Å². The summed E-state index contributed by atoms with van der Waals surface area (Å²) in [7, 11) is 0. The molecule has 0 aromatic carbocycles. The Hall–Kier alpha value is -1.50. The molecule has 5 nitrogen and oxygen atoms in total. The summed E-state index contributed by atoms with van der Waals surface area (Å²) in [6.45, 7) is -0.425. The Morgan fingerprint density at radius 3 is 2.62 bits per heavy atom. The maximum Gasteiger partial charge on any atom is 0.255 e. The van der Waals surface area contributed by atoms with Crippen LogP contribution in [0.15, 0.2) is 6.07 Å². The van der Waals surface area contributed by atoms with Gasteiger partial charge in [0, 0.05) is 12.0 Å². The fourth-order valence-electron chi connectivity index (χ4n) is 1.34. The number of hydrogen-bond acceptors (Lipinski definition) is 5. The van der Waals surface area contributed by atoms with Crippen LogP contribution in [0.4, 0.5) is 20.4 Å². The van der Waals surface area contributed by atoms with Gasteiger partial charge in [-0.05, 0) is 12.8 Å². The van der Waals surface area contributed by atoms with Crippen molar-refractivity contribution in [2.24, 2.45) is 5.84 Å². The zero-order valence-electron chi connectivity index (χ0n) is 8.58. The molecule has 0 atom stereocenters. The topological polar surface area (TPSA) is 75.9 Å². The molecule has 0 saturated heterocycles. The number of nitrogen functional groups attached to an aromatic ring is 1. The number of rotatable bonds is 5. The first-order valence-corrected chi connectivity index (χ1v) is 5.06. The molecule has 16 heavy (non-hydrogen) atoms. The van der Waals surface area contributed by atoms with E-state index < -0.39 is 13.0 Å². The molecule has 1 aliphatic rings. The quantitative estimate of drug-likeness (QED) is 0.524. The van der Waals surface area contributed by atoms with E-state index in [9.17, 15) is 8.78 Å². The first-order chi connectivity index (χ1) is 7.69. The monoisotopic (exact) mass is 229 g/mol. The second-order valence-electron chi connectivity index (χ2n) is 3.69. The van der Waals surface area contributed by atoms with Crippen molar-refractivity contribution in [3.05, 3.63) is 11.9 Å². The summed E-state index contributed by atoms with van der Waals surface area (Å²) in [6, 6.07) is 1.51. The molecule has 1 saturated carbocycles. The minimum absolute atomic E-state index is 0.348. The van der Waals surface area contributed by atoms with Crippen molar-refractivity contribution in [3.63, 3.8) is 0 Å². The maximum atomic E-state index is 12.0. The number of hydrazine groups is 1. The van der Waals surface area contributed by atoms with Crippen molar-refractivity contribution < 1.29 is 8.78 Å². The fourth-order valence-corrected chi connectivity index (χ4v) is 1.34. The average molecular weight is 229 g/mol. The van der Waals surface area contributed by atoms with Gasteiger partial charge in [0.2, 0.25) is 0 Å². The van der Waals surface area contributed by atoms with Crippen molar-refractivity contribution in [3.8, 4) is 0 Å². The second kappa shape index (κ2) is 4.56. The molecule has 1 aliphatic carbocycles. The molecule has 2 rings (SSSR count). The summed E-state index contributed by atoms with van der Waals surface area (Å²) in [5.74, 6) is 7.07. The lowest BCUT2D eigenvalue weighted by Crippen LogP contribution is -2.15. The van der Waals surface area contributed by atoms with Crippen LogP contribution >= 0.6 is 0 Å². The molecule has 7 heteroatoms. The standard InChI is InChI=1S/C9H13F2N5/c10-6(11)4-13-7-3-8(16-12)15-9(14-7)5-1-2-5/h3,5-6H,1-2,4,12H2,(H2,13,14,15,16). The van der Waals surface area contributed by atoms with Crippen molar-refractivity contribution in [1.82, 2.24) is 9.97 Å². The van der Waals surface area contributed by atoms with E-state index in [1.807, 2.05) is 0 Å². The van der Waals surface area contributed by atoms with Crippen LogP contribution in [0.1, 0.15) is 24.6 Å². The van der Waals surface area contributed by atoms with E-state index in [0.717, 1.165) is 12.8 Å². The minimum Gasteiger partial charge on any atom is -0.364 e. The molecule has 0 spiro atoms. The number of nitrogens with two attached hydrogens (primary N) is 1.